The van der Waals surface area contributed by atoms with Gasteiger partial charge in [-0.3, -0.25) is 4.55 Å². The second-order valence-electron chi connectivity index (χ2n) is 5.58. The van der Waals surface area contributed by atoms with Gasteiger partial charge in [0, 0.05) is 12.3 Å². The van der Waals surface area contributed by atoms with Crippen molar-refractivity contribution < 1.29 is 36.8 Å². The lowest BCUT2D eigenvalue weighted by Gasteiger charge is -2.25. The molecule has 1 aliphatic rings. The molecule has 0 unspecified atom stereocenters. The highest BCUT2D eigenvalue weighted by Gasteiger charge is 2.29. The first-order valence-electron chi connectivity index (χ1n) is 7.86. The fourth-order valence-corrected chi connectivity index (χ4v) is 3.34. The van der Waals surface area contributed by atoms with Crippen molar-refractivity contribution in [1.29, 1.82) is 0 Å². The Hall–Kier alpha value is -3.11. The van der Waals surface area contributed by atoms with Crippen LogP contribution in [0.1, 0.15) is 5.56 Å². The highest BCUT2D eigenvalue weighted by atomic mass is 32.2. The summed E-state index contributed by atoms with van der Waals surface area (Å²) in [5.41, 5.74) is 0.511. The van der Waals surface area contributed by atoms with Crippen molar-refractivity contribution in [1.82, 2.24) is 0 Å². The number of methoxy groups -OCH3 is 3. The van der Waals surface area contributed by atoms with Gasteiger partial charge in [0.25, 0.3) is 10.1 Å². The number of hydrogen-bond donors (Lipinski definition) is 1. The molecule has 10 heteroatoms. The van der Waals surface area contributed by atoms with E-state index in [1.54, 1.807) is 13.0 Å². The minimum absolute atomic E-state index is 0.0587. The number of aryl methyl sites for hydroxylation is 1. The molecule has 0 aliphatic carbocycles. The smallest absolute Gasteiger partial charge is 0.355 e. The van der Waals surface area contributed by atoms with E-state index in [2.05, 4.69) is 0 Å². The number of anilines is 1. The quantitative estimate of drug-likeness (QED) is 0.573. The largest absolute Gasteiger partial charge is 0.495 e. The number of rotatable bonds is 5. The van der Waals surface area contributed by atoms with Crippen LogP contribution in [0, 0.1) is 6.92 Å². The lowest BCUT2D eigenvalue weighted by Crippen LogP contribution is -2.27. The van der Waals surface area contributed by atoms with Crippen molar-refractivity contribution in [3.8, 4) is 5.75 Å². The maximum atomic E-state index is 12.5. The molecule has 28 heavy (non-hydrogen) atoms. The first kappa shape index (κ1) is 21.2. The summed E-state index contributed by atoms with van der Waals surface area (Å²) >= 11 is 0. The van der Waals surface area contributed by atoms with Gasteiger partial charge in [-0.05, 0) is 30.7 Å². The molecular formula is C18H19NO8S. The van der Waals surface area contributed by atoms with E-state index in [9.17, 15) is 22.6 Å². The van der Waals surface area contributed by atoms with E-state index in [1.165, 1.54) is 49.6 Å². The lowest BCUT2D eigenvalue weighted by molar-refractivity contribution is -0.139. The summed E-state index contributed by atoms with van der Waals surface area (Å²) in [6, 6.07) is 2.52. The molecule has 1 aliphatic heterocycles. The topological polar surface area (TPSA) is 119 Å². The summed E-state index contributed by atoms with van der Waals surface area (Å²) in [4.78, 5) is 25.6. The van der Waals surface area contributed by atoms with E-state index in [4.69, 9.17) is 14.2 Å². The number of nitrogens with zero attached hydrogens (tertiary/aromatic N) is 1. The highest BCUT2D eigenvalue weighted by Crippen LogP contribution is 2.35. The molecule has 0 saturated carbocycles. The SMILES string of the molecule is COC(=O)C1=C(C(=O)OC)N(c2cc(OC)c(S(=O)(=O)O)cc2C)C=CC=C1. The average Bonchev–Trinajstić information content (AvgIpc) is 2.88. The maximum Gasteiger partial charge on any atom is 0.355 e. The fraction of sp³-hybridized carbons (Fsp3) is 0.222. The zero-order valence-corrected chi connectivity index (χ0v) is 16.4. The molecule has 0 atom stereocenters. The van der Waals surface area contributed by atoms with Gasteiger partial charge >= 0.3 is 11.9 Å². The number of esters is 2. The molecule has 1 aromatic carbocycles. The molecule has 0 bridgehead atoms. The zero-order chi connectivity index (χ0) is 21.1. The van der Waals surface area contributed by atoms with Gasteiger partial charge in [-0.2, -0.15) is 8.42 Å². The van der Waals surface area contributed by atoms with Crippen LogP contribution in [-0.4, -0.2) is 46.2 Å². The Morgan fingerprint density at radius 3 is 2.21 bits per heavy atom. The third kappa shape index (κ3) is 4.07. The molecule has 0 amide bonds. The van der Waals surface area contributed by atoms with Crippen LogP contribution in [0.25, 0.3) is 0 Å². The summed E-state index contributed by atoms with van der Waals surface area (Å²) in [5, 5.41) is 0. The maximum absolute atomic E-state index is 12.5. The standard InChI is InChI=1S/C18H19NO8S/c1-11-9-15(28(22,23)24)14(25-2)10-13(11)19-8-6-5-7-12(17(20)26-3)16(19)18(21)27-4/h5-10H,1-4H3,(H,22,23,24). The normalized spacial score (nSPS) is 14.0. The van der Waals surface area contributed by atoms with E-state index in [1.807, 2.05) is 0 Å². The van der Waals surface area contributed by atoms with E-state index in [0.717, 1.165) is 7.11 Å². The average molecular weight is 409 g/mol. The van der Waals surface area contributed by atoms with E-state index in [0.29, 0.717) is 11.3 Å². The van der Waals surface area contributed by atoms with Gasteiger partial charge < -0.3 is 19.1 Å². The van der Waals surface area contributed by atoms with Crippen molar-refractivity contribution in [2.24, 2.45) is 0 Å². The van der Waals surface area contributed by atoms with Gasteiger partial charge in [-0.15, -0.1) is 0 Å². The van der Waals surface area contributed by atoms with E-state index < -0.39 is 27.0 Å². The lowest BCUT2D eigenvalue weighted by atomic mass is 10.1. The van der Waals surface area contributed by atoms with Gasteiger partial charge in [0.05, 0.1) is 32.6 Å². The monoisotopic (exact) mass is 409 g/mol. The number of allylic oxidation sites excluding steroid dienone is 2. The van der Waals surface area contributed by atoms with Crippen LogP contribution in [-0.2, 0) is 29.2 Å². The second kappa shape index (κ2) is 8.28. The van der Waals surface area contributed by atoms with Crippen LogP contribution >= 0.6 is 0 Å². The van der Waals surface area contributed by atoms with Crippen LogP contribution in [0.2, 0.25) is 0 Å². The van der Waals surface area contributed by atoms with Crippen LogP contribution in [0.4, 0.5) is 5.69 Å². The van der Waals surface area contributed by atoms with Crippen LogP contribution in [0.3, 0.4) is 0 Å². The minimum atomic E-state index is -4.54. The molecule has 9 nitrogen and oxygen atoms in total. The Kier molecular flexibility index (Phi) is 6.26. The summed E-state index contributed by atoms with van der Waals surface area (Å²) in [5.74, 6) is -1.71. The molecule has 0 spiro atoms. The molecule has 1 heterocycles. The van der Waals surface area contributed by atoms with Gasteiger partial charge in [0.2, 0.25) is 0 Å². The molecule has 0 aromatic heterocycles. The van der Waals surface area contributed by atoms with Gasteiger partial charge in [0.1, 0.15) is 16.3 Å². The predicted octanol–water partition coefficient (Wildman–Crippen LogP) is 1.74. The van der Waals surface area contributed by atoms with Crippen LogP contribution in [0.5, 0.6) is 5.75 Å². The third-order valence-electron chi connectivity index (χ3n) is 3.91. The Bertz CT molecular complexity index is 1000. The molecule has 2 rings (SSSR count). The molecule has 1 N–H and O–H groups in total. The summed E-state index contributed by atoms with van der Waals surface area (Å²) in [6.07, 6.45) is 6.00. The van der Waals surface area contributed by atoms with Crippen LogP contribution < -0.4 is 9.64 Å². The van der Waals surface area contributed by atoms with Crippen molar-refractivity contribution >= 4 is 27.7 Å². The van der Waals surface area contributed by atoms with E-state index in [-0.39, 0.29) is 17.0 Å². The van der Waals surface area contributed by atoms with Crippen molar-refractivity contribution in [2.75, 3.05) is 26.2 Å². The molecule has 150 valence electrons. The Morgan fingerprint density at radius 1 is 1.04 bits per heavy atom. The Labute approximate surface area is 162 Å². The molecule has 1 aromatic rings. The van der Waals surface area contributed by atoms with Gasteiger partial charge in [0.15, 0.2) is 0 Å². The number of carbonyl (C=O) groups is 2. The number of benzene rings is 1. The van der Waals surface area contributed by atoms with Gasteiger partial charge in [-0.1, -0.05) is 6.08 Å². The van der Waals surface area contributed by atoms with Gasteiger partial charge in [-0.25, -0.2) is 9.59 Å². The minimum Gasteiger partial charge on any atom is -0.495 e. The molecule has 0 fully saturated rings. The zero-order valence-electron chi connectivity index (χ0n) is 15.6. The van der Waals surface area contributed by atoms with Crippen LogP contribution in [0.15, 0.2) is 52.7 Å². The van der Waals surface area contributed by atoms with Crippen molar-refractivity contribution in [3.63, 3.8) is 0 Å². The summed E-state index contributed by atoms with van der Waals surface area (Å²) in [7, 11) is -0.962. The predicted molar refractivity (Wildman–Crippen MR) is 99.4 cm³/mol. The number of carbonyl (C=O) groups excluding carboxylic acids is 2. The molecule has 0 saturated heterocycles. The molecular weight excluding hydrogens is 390 g/mol. The fourth-order valence-electron chi connectivity index (χ4n) is 2.62. The Balaban J connectivity index is 2.80. The van der Waals surface area contributed by atoms with E-state index >= 15 is 0 Å². The highest BCUT2D eigenvalue weighted by molar-refractivity contribution is 7.86. The number of hydrogen-bond acceptors (Lipinski definition) is 8. The first-order chi connectivity index (χ1) is 13.1. The first-order valence-corrected chi connectivity index (χ1v) is 9.30. The third-order valence-corrected chi connectivity index (χ3v) is 4.78. The Morgan fingerprint density at radius 2 is 1.68 bits per heavy atom. The second-order valence-corrected chi connectivity index (χ2v) is 6.97. The molecule has 0 radical (unpaired) electrons. The number of ether oxygens (including phenoxy) is 3. The summed E-state index contributed by atoms with van der Waals surface area (Å²) in [6.45, 7) is 1.57. The summed E-state index contributed by atoms with van der Waals surface area (Å²) < 4.78 is 47.2. The van der Waals surface area contributed by atoms with Crippen molar-refractivity contribution in [3.05, 3.63) is 53.4 Å². The van der Waals surface area contributed by atoms with Crippen molar-refractivity contribution in [2.45, 2.75) is 11.8 Å².